The predicted octanol–water partition coefficient (Wildman–Crippen LogP) is 2.15. The molecule has 152 valence electrons. The van der Waals surface area contributed by atoms with Gasteiger partial charge in [-0.1, -0.05) is 24.3 Å². The zero-order chi connectivity index (χ0) is 21.1. The maximum Gasteiger partial charge on any atom is 0.292 e. The number of nitrogens with zero attached hydrogens (tertiary/aromatic N) is 6. The van der Waals surface area contributed by atoms with Crippen LogP contribution < -0.4 is 10.5 Å². The summed E-state index contributed by atoms with van der Waals surface area (Å²) in [7, 11) is 0. The van der Waals surface area contributed by atoms with Gasteiger partial charge in [0.25, 0.3) is 11.2 Å². The standard InChI is InChI=1S/C21H20N6O3/c22-9-10-26-20(23-17-6-2-1-5-16(17)21(26)28)15-24-11-13-25(14-12-24)18-7-3-4-8-19(18)27(29)30/h1-8H,10-15H2. The van der Waals surface area contributed by atoms with Gasteiger partial charge in [0.1, 0.15) is 18.1 Å². The zero-order valence-corrected chi connectivity index (χ0v) is 16.3. The number of hydrogen-bond acceptors (Lipinski definition) is 7. The molecule has 1 aromatic heterocycles. The topological polar surface area (TPSA) is 108 Å². The van der Waals surface area contributed by atoms with Crippen molar-refractivity contribution in [2.75, 3.05) is 31.1 Å². The van der Waals surface area contributed by atoms with Gasteiger partial charge in [-0.05, 0) is 18.2 Å². The van der Waals surface area contributed by atoms with Crippen molar-refractivity contribution in [3.8, 4) is 6.07 Å². The quantitative estimate of drug-likeness (QED) is 0.473. The summed E-state index contributed by atoms with van der Waals surface area (Å²) in [5, 5.41) is 21.0. The molecule has 2 heterocycles. The van der Waals surface area contributed by atoms with Crippen molar-refractivity contribution in [2.24, 2.45) is 0 Å². The van der Waals surface area contributed by atoms with Crippen LogP contribution in [-0.4, -0.2) is 45.6 Å². The van der Waals surface area contributed by atoms with Crippen molar-refractivity contribution in [3.05, 3.63) is 74.8 Å². The molecule has 0 saturated carbocycles. The lowest BCUT2D eigenvalue weighted by Gasteiger charge is -2.35. The first-order valence-corrected chi connectivity index (χ1v) is 9.64. The van der Waals surface area contributed by atoms with Crippen molar-refractivity contribution in [1.82, 2.24) is 14.5 Å². The van der Waals surface area contributed by atoms with Gasteiger partial charge in [-0.2, -0.15) is 5.26 Å². The number of para-hydroxylation sites is 3. The Labute approximate surface area is 172 Å². The fourth-order valence-corrected chi connectivity index (χ4v) is 3.80. The average Bonchev–Trinajstić information content (AvgIpc) is 2.77. The number of hydrogen-bond donors (Lipinski definition) is 0. The monoisotopic (exact) mass is 404 g/mol. The first kappa shape index (κ1) is 19.5. The van der Waals surface area contributed by atoms with Crippen LogP contribution >= 0.6 is 0 Å². The molecule has 0 spiro atoms. The molecule has 0 amide bonds. The molecule has 0 atom stereocenters. The van der Waals surface area contributed by atoms with Crippen LogP contribution in [0.3, 0.4) is 0 Å². The number of anilines is 1. The minimum Gasteiger partial charge on any atom is -0.363 e. The average molecular weight is 404 g/mol. The molecule has 1 saturated heterocycles. The smallest absolute Gasteiger partial charge is 0.292 e. The molecule has 9 nitrogen and oxygen atoms in total. The Hall–Kier alpha value is -3.77. The highest BCUT2D eigenvalue weighted by Crippen LogP contribution is 2.28. The Kier molecular flexibility index (Phi) is 5.41. The van der Waals surface area contributed by atoms with Crippen LogP contribution in [0.2, 0.25) is 0 Å². The second-order valence-corrected chi connectivity index (χ2v) is 7.10. The molecule has 0 aliphatic carbocycles. The number of benzene rings is 2. The predicted molar refractivity (Wildman–Crippen MR) is 112 cm³/mol. The van der Waals surface area contributed by atoms with Crippen LogP contribution in [0.25, 0.3) is 10.9 Å². The van der Waals surface area contributed by atoms with E-state index in [1.165, 1.54) is 10.6 Å². The number of aromatic nitrogens is 2. The molecule has 30 heavy (non-hydrogen) atoms. The molecule has 3 aromatic rings. The summed E-state index contributed by atoms with van der Waals surface area (Å²) >= 11 is 0. The largest absolute Gasteiger partial charge is 0.363 e. The molecular weight excluding hydrogens is 384 g/mol. The number of fused-ring (bicyclic) bond motifs is 1. The summed E-state index contributed by atoms with van der Waals surface area (Å²) < 4.78 is 1.43. The van der Waals surface area contributed by atoms with E-state index in [9.17, 15) is 14.9 Å². The Bertz CT molecular complexity index is 1190. The van der Waals surface area contributed by atoms with E-state index in [1.54, 1.807) is 36.4 Å². The van der Waals surface area contributed by atoms with Crippen LogP contribution in [0.5, 0.6) is 0 Å². The molecule has 0 bridgehead atoms. The number of nitriles is 1. The zero-order valence-electron chi connectivity index (χ0n) is 16.3. The lowest BCUT2D eigenvalue weighted by molar-refractivity contribution is -0.384. The first-order valence-electron chi connectivity index (χ1n) is 9.64. The van der Waals surface area contributed by atoms with Crippen LogP contribution in [0, 0.1) is 21.4 Å². The van der Waals surface area contributed by atoms with E-state index < -0.39 is 0 Å². The SMILES string of the molecule is N#CCn1c(CN2CCN(c3ccccc3[N+](=O)[O-])CC2)nc2ccccc2c1=O. The van der Waals surface area contributed by atoms with Gasteiger partial charge in [-0.3, -0.25) is 24.4 Å². The van der Waals surface area contributed by atoms with Crippen molar-refractivity contribution in [1.29, 1.82) is 5.26 Å². The van der Waals surface area contributed by atoms with E-state index in [4.69, 9.17) is 5.26 Å². The van der Waals surface area contributed by atoms with Crippen LogP contribution in [-0.2, 0) is 13.1 Å². The van der Waals surface area contributed by atoms with E-state index in [0.717, 1.165) is 0 Å². The fourth-order valence-electron chi connectivity index (χ4n) is 3.80. The third-order valence-electron chi connectivity index (χ3n) is 5.33. The van der Waals surface area contributed by atoms with Gasteiger partial charge in [0.05, 0.1) is 28.4 Å². The normalized spacial score (nSPS) is 14.6. The summed E-state index contributed by atoms with van der Waals surface area (Å²) in [6.07, 6.45) is 0. The van der Waals surface area contributed by atoms with Crippen LogP contribution in [0.15, 0.2) is 53.3 Å². The van der Waals surface area contributed by atoms with Crippen LogP contribution in [0.4, 0.5) is 11.4 Å². The molecular formula is C21H20N6O3. The highest BCUT2D eigenvalue weighted by atomic mass is 16.6. The second-order valence-electron chi connectivity index (χ2n) is 7.10. The lowest BCUT2D eigenvalue weighted by Crippen LogP contribution is -2.46. The molecule has 1 aliphatic heterocycles. The van der Waals surface area contributed by atoms with Crippen molar-refractivity contribution in [2.45, 2.75) is 13.1 Å². The molecule has 2 aromatic carbocycles. The van der Waals surface area contributed by atoms with Gasteiger partial charge < -0.3 is 4.90 Å². The minimum atomic E-state index is -0.360. The maximum atomic E-state index is 12.8. The number of nitro groups is 1. The summed E-state index contributed by atoms with van der Waals surface area (Å²) in [4.78, 5) is 32.5. The van der Waals surface area contributed by atoms with E-state index >= 15 is 0 Å². The Morgan fingerprint density at radius 1 is 1.07 bits per heavy atom. The number of rotatable bonds is 5. The van der Waals surface area contributed by atoms with Gasteiger partial charge in [0, 0.05) is 32.2 Å². The van der Waals surface area contributed by atoms with Crippen LogP contribution in [0.1, 0.15) is 5.82 Å². The highest BCUT2D eigenvalue weighted by molar-refractivity contribution is 5.77. The summed E-state index contributed by atoms with van der Waals surface area (Å²) in [6.45, 7) is 2.97. The number of piperazine rings is 1. The second kappa shape index (κ2) is 8.31. The Balaban J connectivity index is 1.54. The van der Waals surface area contributed by atoms with Gasteiger partial charge in [-0.15, -0.1) is 0 Å². The highest BCUT2D eigenvalue weighted by Gasteiger charge is 2.24. The van der Waals surface area contributed by atoms with E-state index in [1.807, 2.05) is 17.0 Å². The Morgan fingerprint density at radius 3 is 2.50 bits per heavy atom. The van der Waals surface area contributed by atoms with Gasteiger partial charge in [-0.25, -0.2) is 4.98 Å². The van der Waals surface area contributed by atoms with Crippen molar-refractivity contribution in [3.63, 3.8) is 0 Å². The first-order chi connectivity index (χ1) is 14.6. The summed E-state index contributed by atoms with van der Waals surface area (Å²) in [5.74, 6) is 0.555. The van der Waals surface area contributed by atoms with Crippen molar-refractivity contribution < 1.29 is 4.92 Å². The van der Waals surface area contributed by atoms with E-state index in [2.05, 4.69) is 9.88 Å². The number of nitro benzene ring substituents is 1. The Morgan fingerprint density at radius 2 is 1.77 bits per heavy atom. The van der Waals surface area contributed by atoms with Gasteiger partial charge in [0.2, 0.25) is 0 Å². The molecule has 1 aliphatic rings. The summed E-state index contributed by atoms with van der Waals surface area (Å²) in [6, 6.07) is 15.9. The molecule has 4 rings (SSSR count). The van der Waals surface area contributed by atoms with Gasteiger partial charge >= 0.3 is 0 Å². The maximum absolute atomic E-state index is 12.8. The van der Waals surface area contributed by atoms with E-state index in [-0.39, 0.29) is 22.7 Å². The molecule has 0 radical (unpaired) electrons. The lowest BCUT2D eigenvalue weighted by atomic mass is 10.2. The molecule has 0 unspecified atom stereocenters. The van der Waals surface area contributed by atoms with E-state index in [0.29, 0.717) is 55.1 Å². The van der Waals surface area contributed by atoms with Crippen molar-refractivity contribution >= 4 is 22.3 Å². The third kappa shape index (κ3) is 3.73. The summed E-state index contributed by atoms with van der Waals surface area (Å²) in [5.41, 5.74) is 1.12. The molecule has 9 heteroatoms. The third-order valence-corrected chi connectivity index (χ3v) is 5.33. The van der Waals surface area contributed by atoms with Gasteiger partial charge in [0.15, 0.2) is 0 Å². The molecule has 1 fully saturated rings. The fraction of sp³-hybridized carbons (Fsp3) is 0.286. The molecule has 0 N–H and O–H groups in total. The minimum absolute atomic E-state index is 0.0534.